The van der Waals surface area contributed by atoms with Gasteiger partial charge in [-0.15, -0.1) is 0 Å². The highest BCUT2D eigenvalue weighted by Crippen LogP contribution is 2.20. The molecule has 0 bridgehead atoms. The molecule has 3 nitrogen and oxygen atoms in total. The second-order valence-corrected chi connectivity index (χ2v) is 4.65. The number of benzene rings is 1. The Morgan fingerprint density at radius 2 is 2.06 bits per heavy atom. The van der Waals surface area contributed by atoms with Crippen LogP contribution in [0.3, 0.4) is 0 Å². The van der Waals surface area contributed by atoms with Gasteiger partial charge in [0, 0.05) is 17.8 Å². The Kier molecular flexibility index (Phi) is 3.38. The molecule has 1 aromatic carbocycles. The van der Waals surface area contributed by atoms with Gasteiger partial charge in [0.2, 0.25) is 0 Å². The van der Waals surface area contributed by atoms with Crippen LogP contribution in [0.15, 0.2) is 24.3 Å². The van der Waals surface area contributed by atoms with Gasteiger partial charge in [-0.1, -0.05) is 17.7 Å². The topological polar surface area (TPSA) is 29.9 Å². The maximum absolute atomic E-state index is 5.98. The monoisotopic (exact) mass is 249 g/mol. The first-order valence-electron chi connectivity index (χ1n) is 5.56. The van der Waals surface area contributed by atoms with Crippen molar-refractivity contribution in [2.24, 2.45) is 7.05 Å². The van der Waals surface area contributed by atoms with E-state index >= 15 is 0 Å². The van der Waals surface area contributed by atoms with Crippen LogP contribution in [0.5, 0.6) is 0 Å². The van der Waals surface area contributed by atoms with Gasteiger partial charge in [0.15, 0.2) is 0 Å². The van der Waals surface area contributed by atoms with Crippen LogP contribution in [0.2, 0.25) is 5.02 Å². The van der Waals surface area contributed by atoms with Crippen molar-refractivity contribution in [1.29, 1.82) is 0 Å². The van der Waals surface area contributed by atoms with Gasteiger partial charge in [-0.05, 0) is 37.6 Å². The first-order chi connectivity index (χ1) is 8.06. The van der Waals surface area contributed by atoms with Gasteiger partial charge < -0.3 is 5.32 Å². The number of hydrogen-bond donors (Lipinski definition) is 1. The fraction of sp³-hybridized carbons (Fsp3) is 0.308. The average Bonchev–Trinajstić information content (AvgIpc) is 2.59. The Morgan fingerprint density at radius 1 is 1.29 bits per heavy atom. The molecule has 0 aliphatic heterocycles. The van der Waals surface area contributed by atoms with Crippen LogP contribution in [-0.4, -0.2) is 9.78 Å². The molecule has 17 heavy (non-hydrogen) atoms. The largest absolute Gasteiger partial charge is 0.379 e. The van der Waals surface area contributed by atoms with Crippen molar-refractivity contribution in [2.75, 3.05) is 5.32 Å². The Labute approximate surface area is 106 Å². The lowest BCUT2D eigenvalue weighted by molar-refractivity contribution is 0.713. The van der Waals surface area contributed by atoms with Gasteiger partial charge in [-0.25, -0.2) is 0 Å². The Morgan fingerprint density at radius 3 is 2.71 bits per heavy atom. The van der Waals surface area contributed by atoms with Crippen LogP contribution in [-0.2, 0) is 13.6 Å². The van der Waals surface area contributed by atoms with E-state index in [0.717, 1.165) is 28.6 Å². The van der Waals surface area contributed by atoms with Crippen LogP contribution < -0.4 is 5.32 Å². The maximum Gasteiger partial charge on any atom is 0.0597 e. The first kappa shape index (κ1) is 12.0. The van der Waals surface area contributed by atoms with E-state index in [2.05, 4.69) is 23.4 Å². The van der Waals surface area contributed by atoms with E-state index in [-0.39, 0.29) is 0 Å². The van der Waals surface area contributed by atoms with E-state index in [1.165, 1.54) is 5.56 Å². The summed E-state index contributed by atoms with van der Waals surface area (Å²) in [5.74, 6) is 0. The summed E-state index contributed by atoms with van der Waals surface area (Å²) < 4.78 is 1.89. The maximum atomic E-state index is 5.98. The van der Waals surface area contributed by atoms with E-state index in [0.29, 0.717) is 0 Å². The summed E-state index contributed by atoms with van der Waals surface area (Å²) in [6.07, 6.45) is 0. The van der Waals surface area contributed by atoms with Crippen LogP contribution in [0.1, 0.15) is 17.0 Å². The predicted molar refractivity (Wildman–Crippen MR) is 71.5 cm³/mol. The van der Waals surface area contributed by atoms with Crippen LogP contribution in [0.4, 0.5) is 5.69 Å². The zero-order chi connectivity index (χ0) is 12.4. The molecule has 0 saturated carbocycles. The Balaban J connectivity index is 2.12. The zero-order valence-electron chi connectivity index (χ0n) is 10.3. The summed E-state index contributed by atoms with van der Waals surface area (Å²) in [5.41, 5.74) is 4.44. The standard InChI is InChI=1S/C13H16ClN3/c1-9-4-5-11(14)7-13(9)15-8-12-6-10(2)16-17(12)3/h4-7,15H,8H2,1-3H3. The normalized spacial score (nSPS) is 10.6. The third-order valence-corrected chi connectivity index (χ3v) is 2.99. The highest BCUT2D eigenvalue weighted by atomic mass is 35.5. The molecule has 0 amide bonds. The number of aryl methyl sites for hydroxylation is 3. The highest BCUT2D eigenvalue weighted by Gasteiger charge is 2.03. The summed E-state index contributed by atoms with van der Waals surface area (Å²) >= 11 is 5.98. The van der Waals surface area contributed by atoms with Gasteiger partial charge in [0.05, 0.1) is 17.9 Å². The van der Waals surface area contributed by atoms with Gasteiger partial charge in [0.1, 0.15) is 0 Å². The van der Waals surface area contributed by atoms with Gasteiger partial charge in [-0.3, -0.25) is 4.68 Å². The molecule has 2 aromatic rings. The zero-order valence-corrected chi connectivity index (χ0v) is 11.0. The Bertz CT molecular complexity index is 531. The summed E-state index contributed by atoms with van der Waals surface area (Å²) in [6, 6.07) is 7.93. The van der Waals surface area contributed by atoms with Crippen LogP contribution >= 0.6 is 11.6 Å². The molecule has 0 aliphatic rings. The van der Waals surface area contributed by atoms with Crippen molar-refractivity contribution in [2.45, 2.75) is 20.4 Å². The molecule has 0 unspecified atom stereocenters. The molecule has 1 heterocycles. The highest BCUT2D eigenvalue weighted by molar-refractivity contribution is 6.30. The quantitative estimate of drug-likeness (QED) is 0.905. The van der Waals surface area contributed by atoms with Crippen molar-refractivity contribution in [1.82, 2.24) is 9.78 Å². The van der Waals surface area contributed by atoms with Crippen LogP contribution in [0, 0.1) is 13.8 Å². The number of nitrogens with zero attached hydrogens (tertiary/aromatic N) is 2. The minimum absolute atomic E-state index is 0.749. The average molecular weight is 250 g/mol. The molecule has 0 fully saturated rings. The molecule has 0 saturated heterocycles. The van der Waals surface area contributed by atoms with E-state index in [1.807, 2.05) is 36.9 Å². The molecule has 0 atom stereocenters. The number of rotatable bonds is 3. The summed E-state index contributed by atoms with van der Waals surface area (Å²) in [6.45, 7) is 4.81. The Hall–Kier alpha value is -1.48. The number of hydrogen-bond acceptors (Lipinski definition) is 2. The molecule has 0 spiro atoms. The van der Waals surface area contributed by atoms with E-state index in [4.69, 9.17) is 11.6 Å². The molecular formula is C13H16ClN3. The predicted octanol–water partition coefficient (Wildman–Crippen LogP) is 3.30. The lowest BCUT2D eigenvalue weighted by Crippen LogP contribution is -2.06. The smallest absolute Gasteiger partial charge is 0.0597 e. The van der Waals surface area contributed by atoms with E-state index in [9.17, 15) is 0 Å². The summed E-state index contributed by atoms with van der Waals surface area (Å²) in [4.78, 5) is 0. The second-order valence-electron chi connectivity index (χ2n) is 4.21. The number of halogens is 1. The summed E-state index contributed by atoms with van der Waals surface area (Å²) in [7, 11) is 1.95. The van der Waals surface area contributed by atoms with E-state index < -0.39 is 0 Å². The van der Waals surface area contributed by atoms with Crippen molar-refractivity contribution in [3.05, 3.63) is 46.2 Å². The molecule has 2 rings (SSSR count). The number of anilines is 1. The van der Waals surface area contributed by atoms with Crippen molar-refractivity contribution in [3.63, 3.8) is 0 Å². The number of nitrogens with one attached hydrogen (secondary N) is 1. The van der Waals surface area contributed by atoms with Gasteiger partial charge in [0.25, 0.3) is 0 Å². The fourth-order valence-electron chi connectivity index (χ4n) is 1.80. The third kappa shape index (κ3) is 2.80. The lowest BCUT2D eigenvalue weighted by atomic mass is 10.2. The van der Waals surface area contributed by atoms with E-state index in [1.54, 1.807) is 0 Å². The SMILES string of the molecule is Cc1cc(CNc2cc(Cl)ccc2C)n(C)n1. The molecular weight excluding hydrogens is 234 g/mol. The molecule has 1 N–H and O–H groups in total. The fourth-order valence-corrected chi connectivity index (χ4v) is 1.97. The van der Waals surface area contributed by atoms with Crippen LogP contribution in [0.25, 0.3) is 0 Å². The summed E-state index contributed by atoms with van der Waals surface area (Å²) in [5, 5.41) is 8.44. The molecule has 4 heteroatoms. The number of aromatic nitrogens is 2. The molecule has 1 aromatic heterocycles. The van der Waals surface area contributed by atoms with Crippen molar-refractivity contribution >= 4 is 17.3 Å². The molecule has 90 valence electrons. The second kappa shape index (κ2) is 4.80. The van der Waals surface area contributed by atoms with Gasteiger partial charge >= 0.3 is 0 Å². The minimum atomic E-state index is 0.749. The van der Waals surface area contributed by atoms with Gasteiger partial charge in [-0.2, -0.15) is 5.10 Å². The third-order valence-electron chi connectivity index (χ3n) is 2.76. The molecule has 0 aliphatic carbocycles. The van der Waals surface area contributed by atoms with Crippen molar-refractivity contribution < 1.29 is 0 Å². The lowest BCUT2D eigenvalue weighted by Gasteiger charge is -2.09. The molecule has 0 radical (unpaired) electrons. The van der Waals surface area contributed by atoms with Crippen molar-refractivity contribution in [3.8, 4) is 0 Å². The first-order valence-corrected chi connectivity index (χ1v) is 5.93. The minimum Gasteiger partial charge on any atom is -0.379 e.